The second-order valence-electron chi connectivity index (χ2n) is 7.32. The molecular formula is C25H16FN3O4. The Balaban J connectivity index is 1.44. The second-order valence-corrected chi connectivity index (χ2v) is 7.32. The molecule has 2 amide bonds. The number of halogens is 1. The standard InChI is InChI=1S/C25H16FN3O4/c26-17-12-10-16(11-13-17)22-21(14-29(27-22)18-6-2-1-3-7-18)25(32)33-15-28-23(30)19-8-4-5-9-20(19)24(28)31/h1-14H,15H2. The predicted molar refractivity (Wildman–Crippen MR) is 116 cm³/mol. The molecule has 8 heteroatoms. The monoisotopic (exact) mass is 441 g/mol. The number of hydrogen-bond acceptors (Lipinski definition) is 5. The molecule has 1 aliphatic rings. The van der Waals surface area contributed by atoms with E-state index in [0.29, 0.717) is 11.3 Å². The topological polar surface area (TPSA) is 81.5 Å². The zero-order chi connectivity index (χ0) is 22.9. The van der Waals surface area contributed by atoms with E-state index in [1.54, 1.807) is 24.3 Å². The Hall–Kier alpha value is -4.59. The van der Waals surface area contributed by atoms with Crippen LogP contribution < -0.4 is 0 Å². The Morgan fingerprint density at radius 1 is 0.848 bits per heavy atom. The third kappa shape index (κ3) is 3.67. The van der Waals surface area contributed by atoms with Crippen molar-refractivity contribution in [3.05, 3.63) is 108 Å². The van der Waals surface area contributed by atoms with E-state index in [0.717, 1.165) is 4.90 Å². The lowest BCUT2D eigenvalue weighted by Gasteiger charge is -2.13. The van der Waals surface area contributed by atoms with E-state index in [4.69, 9.17) is 4.74 Å². The van der Waals surface area contributed by atoms with Crippen LogP contribution in [0.1, 0.15) is 31.1 Å². The van der Waals surface area contributed by atoms with Crippen LogP contribution in [0.25, 0.3) is 16.9 Å². The number of nitrogens with zero attached hydrogens (tertiary/aromatic N) is 3. The summed E-state index contributed by atoms with van der Waals surface area (Å²) in [6, 6.07) is 21.1. The van der Waals surface area contributed by atoms with E-state index in [2.05, 4.69) is 5.10 Å². The predicted octanol–water partition coefficient (Wildman–Crippen LogP) is 4.09. The fourth-order valence-electron chi connectivity index (χ4n) is 3.61. The number of aromatic nitrogens is 2. The summed E-state index contributed by atoms with van der Waals surface area (Å²) >= 11 is 0. The number of fused-ring (bicyclic) bond motifs is 1. The lowest BCUT2D eigenvalue weighted by Crippen LogP contribution is -2.33. The molecule has 0 saturated carbocycles. The van der Waals surface area contributed by atoms with E-state index < -0.39 is 30.3 Å². The highest BCUT2D eigenvalue weighted by Crippen LogP contribution is 2.26. The first-order valence-corrected chi connectivity index (χ1v) is 10.1. The van der Waals surface area contributed by atoms with Crippen LogP contribution in [0.15, 0.2) is 85.1 Å². The summed E-state index contributed by atoms with van der Waals surface area (Å²) in [5, 5.41) is 4.49. The second kappa shape index (κ2) is 8.16. The maximum Gasteiger partial charge on any atom is 0.343 e. The SMILES string of the molecule is O=C(OCN1C(=O)c2ccccc2C1=O)c1cn(-c2ccccc2)nc1-c1ccc(F)cc1. The smallest absolute Gasteiger partial charge is 0.343 e. The molecule has 1 aromatic heterocycles. The van der Waals surface area contributed by atoms with E-state index in [-0.39, 0.29) is 22.4 Å². The third-order valence-electron chi connectivity index (χ3n) is 5.28. The Bertz CT molecular complexity index is 1350. The molecule has 0 atom stereocenters. The van der Waals surface area contributed by atoms with Crippen molar-refractivity contribution in [1.29, 1.82) is 0 Å². The van der Waals surface area contributed by atoms with Gasteiger partial charge in [0.2, 0.25) is 0 Å². The summed E-state index contributed by atoms with van der Waals surface area (Å²) in [5.41, 5.74) is 2.15. The van der Waals surface area contributed by atoms with Gasteiger partial charge in [0.15, 0.2) is 6.73 Å². The number of benzene rings is 3. The van der Waals surface area contributed by atoms with Gasteiger partial charge in [0.1, 0.15) is 17.1 Å². The highest BCUT2D eigenvalue weighted by molar-refractivity contribution is 6.21. The molecule has 0 bridgehead atoms. The summed E-state index contributed by atoms with van der Waals surface area (Å²) < 4.78 is 20.3. The molecule has 162 valence electrons. The van der Waals surface area contributed by atoms with Crippen molar-refractivity contribution in [2.75, 3.05) is 6.73 Å². The first kappa shape index (κ1) is 20.3. The Morgan fingerprint density at radius 3 is 2.09 bits per heavy atom. The van der Waals surface area contributed by atoms with Crippen molar-refractivity contribution < 1.29 is 23.5 Å². The van der Waals surface area contributed by atoms with E-state index >= 15 is 0 Å². The van der Waals surface area contributed by atoms with Gasteiger partial charge in [-0.1, -0.05) is 30.3 Å². The van der Waals surface area contributed by atoms with Crippen molar-refractivity contribution in [1.82, 2.24) is 14.7 Å². The number of para-hydroxylation sites is 1. The molecule has 5 rings (SSSR count). The van der Waals surface area contributed by atoms with Gasteiger partial charge < -0.3 is 4.74 Å². The molecular weight excluding hydrogens is 425 g/mol. The van der Waals surface area contributed by atoms with Gasteiger partial charge in [-0.15, -0.1) is 0 Å². The maximum absolute atomic E-state index is 13.4. The minimum Gasteiger partial charge on any atom is -0.440 e. The van der Waals surface area contributed by atoms with Crippen LogP contribution in [-0.4, -0.2) is 39.2 Å². The van der Waals surface area contributed by atoms with Crippen LogP contribution in [0.4, 0.5) is 4.39 Å². The number of imide groups is 1. The molecule has 1 aliphatic heterocycles. The quantitative estimate of drug-likeness (QED) is 0.344. The number of hydrogen-bond donors (Lipinski definition) is 0. The maximum atomic E-state index is 13.4. The molecule has 33 heavy (non-hydrogen) atoms. The van der Waals surface area contributed by atoms with Gasteiger partial charge in [-0.25, -0.2) is 18.8 Å². The first-order valence-electron chi connectivity index (χ1n) is 10.1. The summed E-state index contributed by atoms with van der Waals surface area (Å²) in [5.74, 6) is -2.24. The lowest BCUT2D eigenvalue weighted by atomic mass is 10.1. The Labute approximate surface area is 187 Å². The van der Waals surface area contributed by atoms with Crippen LogP contribution in [0.3, 0.4) is 0 Å². The Kier molecular flexibility index (Phi) is 5.02. The highest BCUT2D eigenvalue weighted by atomic mass is 19.1. The molecule has 2 heterocycles. The van der Waals surface area contributed by atoms with Gasteiger partial charge in [-0.05, 0) is 48.5 Å². The normalized spacial score (nSPS) is 12.7. The fourth-order valence-corrected chi connectivity index (χ4v) is 3.61. The number of rotatable bonds is 5. The van der Waals surface area contributed by atoms with E-state index in [1.165, 1.54) is 35.1 Å². The average Bonchev–Trinajstić information content (AvgIpc) is 3.39. The zero-order valence-electron chi connectivity index (χ0n) is 17.1. The van der Waals surface area contributed by atoms with E-state index in [9.17, 15) is 18.8 Å². The molecule has 3 aromatic carbocycles. The number of ether oxygens (including phenoxy) is 1. The molecule has 4 aromatic rings. The molecule has 7 nitrogen and oxygen atoms in total. The van der Waals surface area contributed by atoms with Crippen molar-refractivity contribution in [2.45, 2.75) is 0 Å². The van der Waals surface area contributed by atoms with Crippen molar-refractivity contribution in [2.24, 2.45) is 0 Å². The number of amides is 2. The summed E-state index contributed by atoms with van der Waals surface area (Å²) in [6.45, 7) is -0.537. The van der Waals surface area contributed by atoms with Gasteiger partial charge in [0.25, 0.3) is 11.8 Å². The van der Waals surface area contributed by atoms with Gasteiger partial charge in [-0.2, -0.15) is 5.10 Å². The molecule has 0 radical (unpaired) electrons. The minimum atomic E-state index is -0.770. The van der Waals surface area contributed by atoms with Crippen molar-refractivity contribution in [3.8, 4) is 16.9 Å². The summed E-state index contributed by atoms with van der Waals surface area (Å²) in [6.07, 6.45) is 1.50. The zero-order valence-corrected chi connectivity index (χ0v) is 17.1. The lowest BCUT2D eigenvalue weighted by molar-refractivity contribution is 0.0228. The molecule has 0 unspecified atom stereocenters. The van der Waals surface area contributed by atoms with Crippen LogP contribution in [0.2, 0.25) is 0 Å². The summed E-state index contributed by atoms with van der Waals surface area (Å²) in [4.78, 5) is 38.9. The van der Waals surface area contributed by atoms with Crippen molar-refractivity contribution in [3.63, 3.8) is 0 Å². The molecule has 0 fully saturated rings. The number of esters is 1. The van der Waals surface area contributed by atoms with Crippen LogP contribution in [-0.2, 0) is 4.74 Å². The van der Waals surface area contributed by atoms with Crippen LogP contribution in [0, 0.1) is 5.82 Å². The van der Waals surface area contributed by atoms with Gasteiger partial charge >= 0.3 is 5.97 Å². The summed E-state index contributed by atoms with van der Waals surface area (Å²) in [7, 11) is 0. The number of carbonyl (C=O) groups excluding carboxylic acids is 3. The van der Waals surface area contributed by atoms with Crippen molar-refractivity contribution >= 4 is 17.8 Å². The molecule has 0 spiro atoms. The van der Waals surface area contributed by atoms with E-state index in [1.807, 2.05) is 30.3 Å². The van der Waals surface area contributed by atoms with Gasteiger partial charge in [-0.3, -0.25) is 9.59 Å². The third-order valence-corrected chi connectivity index (χ3v) is 5.28. The van der Waals surface area contributed by atoms with Crippen LogP contribution in [0.5, 0.6) is 0 Å². The van der Waals surface area contributed by atoms with Crippen LogP contribution >= 0.6 is 0 Å². The molecule has 0 aliphatic carbocycles. The van der Waals surface area contributed by atoms with Gasteiger partial charge in [0.05, 0.1) is 16.8 Å². The fraction of sp³-hybridized carbons (Fsp3) is 0.0400. The largest absolute Gasteiger partial charge is 0.440 e. The number of carbonyl (C=O) groups is 3. The minimum absolute atomic E-state index is 0.113. The first-order chi connectivity index (χ1) is 16.0. The molecule has 0 N–H and O–H groups in total. The Morgan fingerprint density at radius 2 is 1.45 bits per heavy atom. The highest BCUT2D eigenvalue weighted by Gasteiger charge is 2.36. The average molecular weight is 441 g/mol. The van der Waals surface area contributed by atoms with Gasteiger partial charge in [0, 0.05) is 11.8 Å². The molecule has 0 saturated heterocycles.